The van der Waals surface area contributed by atoms with Gasteiger partial charge in [0.15, 0.2) is 0 Å². The summed E-state index contributed by atoms with van der Waals surface area (Å²) in [6, 6.07) is 1.71. The highest BCUT2D eigenvalue weighted by Gasteiger charge is 2.32. The lowest BCUT2D eigenvalue weighted by Gasteiger charge is -2.34. The number of rotatable bonds is 3. The van der Waals surface area contributed by atoms with Gasteiger partial charge in [-0.25, -0.2) is 4.98 Å². The van der Waals surface area contributed by atoms with Crippen molar-refractivity contribution in [3.8, 4) is 0 Å². The maximum atomic E-state index is 12.9. The van der Waals surface area contributed by atoms with Crippen molar-refractivity contribution in [2.24, 2.45) is 0 Å². The van der Waals surface area contributed by atoms with Gasteiger partial charge < -0.3 is 14.6 Å². The zero-order valence-corrected chi connectivity index (χ0v) is 13.1. The van der Waals surface area contributed by atoms with E-state index in [0.717, 1.165) is 11.5 Å². The van der Waals surface area contributed by atoms with E-state index in [0.29, 0.717) is 25.5 Å². The van der Waals surface area contributed by atoms with Crippen molar-refractivity contribution in [1.82, 2.24) is 24.6 Å². The molecule has 1 aliphatic rings. The van der Waals surface area contributed by atoms with Crippen LogP contribution in [0.1, 0.15) is 47.9 Å². The van der Waals surface area contributed by atoms with Crippen molar-refractivity contribution in [1.29, 1.82) is 0 Å². The number of hydrogen-bond acceptors (Lipinski definition) is 4. The quantitative estimate of drug-likeness (QED) is 0.936. The van der Waals surface area contributed by atoms with Crippen LogP contribution in [0.15, 0.2) is 18.5 Å². The number of aryl methyl sites for hydroxylation is 1. The molecule has 3 heterocycles. The number of ether oxygens (including phenoxy) is 1. The zero-order valence-electron chi connectivity index (χ0n) is 13.1. The van der Waals surface area contributed by atoms with Crippen LogP contribution in [-0.2, 0) is 4.74 Å². The van der Waals surface area contributed by atoms with Crippen LogP contribution in [0.4, 0.5) is 0 Å². The number of nitrogens with zero attached hydrogens (tertiary/aromatic N) is 4. The van der Waals surface area contributed by atoms with Gasteiger partial charge in [0.25, 0.3) is 5.91 Å². The van der Waals surface area contributed by atoms with Crippen LogP contribution < -0.4 is 0 Å². The maximum Gasteiger partial charge on any atom is 0.272 e. The van der Waals surface area contributed by atoms with E-state index in [-0.39, 0.29) is 18.0 Å². The van der Waals surface area contributed by atoms with Crippen molar-refractivity contribution in [3.63, 3.8) is 0 Å². The predicted octanol–water partition coefficient (Wildman–Crippen LogP) is 1.71. The molecule has 3 rings (SSSR count). The van der Waals surface area contributed by atoms with E-state index >= 15 is 0 Å². The molecule has 1 saturated heterocycles. The van der Waals surface area contributed by atoms with Gasteiger partial charge in [-0.2, -0.15) is 5.10 Å². The fraction of sp³-hybridized carbons (Fsp3) is 0.533. The van der Waals surface area contributed by atoms with Crippen molar-refractivity contribution in [2.75, 3.05) is 19.8 Å². The first-order valence-electron chi connectivity index (χ1n) is 7.51. The molecule has 0 bridgehead atoms. The molecule has 0 aromatic carbocycles. The number of carbonyl (C=O) groups excluding carboxylic acids is 1. The smallest absolute Gasteiger partial charge is 0.272 e. The summed E-state index contributed by atoms with van der Waals surface area (Å²) in [4.78, 5) is 22.3. The fourth-order valence-electron chi connectivity index (χ4n) is 2.72. The van der Waals surface area contributed by atoms with Crippen LogP contribution >= 0.6 is 0 Å². The second-order valence-electron chi connectivity index (χ2n) is 5.80. The van der Waals surface area contributed by atoms with Gasteiger partial charge >= 0.3 is 0 Å². The molecule has 0 aliphatic carbocycles. The van der Waals surface area contributed by atoms with Crippen LogP contribution in [0.3, 0.4) is 0 Å². The number of aromatic amines is 1. The first-order chi connectivity index (χ1) is 10.6. The van der Waals surface area contributed by atoms with Gasteiger partial charge in [-0.3, -0.25) is 9.48 Å². The summed E-state index contributed by atoms with van der Waals surface area (Å²) in [7, 11) is 0. The molecule has 22 heavy (non-hydrogen) atoms. The molecule has 0 unspecified atom stereocenters. The van der Waals surface area contributed by atoms with Gasteiger partial charge in [0.2, 0.25) is 0 Å². The van der Waals surface area contributed by atoms with Crippen LogP contribution in [0.25, 0.3) is 0 Å². The highest BCUT2D eigenvalue weighted by molar-refractivity contribution is 5.93. The molecule has 7 heteroatoms. The molecule has 118 valence electrons. The number of aromatic nitrogens is 4. The van der Waals surface area contributed by atoms with Gasteiger partial charge in [-0.05, 0) is 26.8 Å². The largest absolute Gasteiger partial charge is 0.377 e. The zero-order chi connectivity index (χ0) is 15.7. The van der Waals surface area contributed by atoms with Crippen LogP contribution in [-0.4, -0.2) is 50.3 Å². The number of nitrogens with one attached hydrogen (secondary N) is 1. The molecule has 2 aromatic rings. The minimum Gasteiger partial charge on any atom is -0.377 e. The molecule has 1 amide bonds. The molecule has 1 aliphatic heterocycles. The van der Waals surface area contributed by atoms with Gasteiger partial charge in [0, 0.05) is 30.7 Å². The summed E-state index contributed by atoms with van der Waals surface area (Å²) in [5, 5.41) is 4.25. The van der Waals surface area contributed by atoms with Gasteiger partial charge in [-0.15, -0.1) is 0 Å². The molecule has 0 spiro atoms. The van der Waals surface area contributed by atoms with E-state index in [1.54, 1.807) is 23.1 Å². The fourth-order valence-corrected chi connectivity index (χ4v) is 2.72. The Morgan fingerprint density at radius 1 is 1.50 bits per heavy atom. The molecule has 1 fully saturated rings. The Morgan fingerprint density at radius 2 is 2.32 bits per heavy atom. The summed E-state index contributed by atoms with van der Waals surface area (Å²) in [5.74, 6) is 0.731. The lowest BCUT2D eigenvalue weighted by Crippen LogP contribution is -2.44. The monoisotopic (exact) mass is 303 g/mol. The summed E-state index contributed by atoms with van der Waals surface area (Å²) >= 11 is 0. The van der Waals surface area contributed by atoms with Gasteiger partial charge in [0.1, 0.15) is 17.6 Å². The topological polar surface area (TPSA) is 76.0 Å². The Kier molecular flexibility index (Phi) is 3.98. The minimum atomic E-state index is -0.189. The number of hydrogen-bond donors (Lipinski definition) is 1. The van der Waals surface area contributed by atoms with Gasteiger partial charge in [-0.1, -0.05) is 0 Å². The van der Waals surface area contributed by atoms with Crippen molar-refractivity contribution in [2.45, 2.75) is 32.9 Å². The summed E-state index contributed by atoms with van der Waals surface area (Å²) in [6.45, 7) is 7.51. The third-order valence-electron chi connectivity index (χ3n) is 3.81. The van der Waals surface area contributed by atoms with Crippen molar-refractivity contribution < 1.29 is 9.53 Å². The molecule has 0 saturated carbocycles. The molecule has 7 nitrogen and oxygen atoms in total. The maximum absolute atomic E-state index is 12.9. The molecule has 1 N–H and O–H groups in total. The predicted molar refractivity (Wildman–Crippen MR) is 80.5 cm³/mol. The second kappa shape index (κ2) is 5.92. The van der Waals surface area contributed by atoms with E-state index in [9.17, 15) is 4.79 Å². The number of imidazole rings is 1. The van der Waals surface area contributed by atoms with Crippen LogP contribution in [0.5, 0.6) is 0 Å². The first kappa shape index (κ1) is 14.8. The highest BCUT2D eigenvalue weighted by atomic mass is 16.5. The van der Waals surface area contributed by atoms with E-state index in [1.165, 1.54) is 0 Å². The molecule has 2 aromatic heterocycles. The molecule has 0 radical (unpaired) electrons. The van der Waals surface area contributed by atoms with E-state index in [1.807, 2.05) is 25.7 Å². The lowest BCUT2D eigenvalue weighted by atomic mass is 10.2. The third-order valence-corrected chi connectivity index (χ3v) is 3.81. The minimum absolute atomic E-state index is 0.0337. The SMILES string of the molecule is Cc1cnc([C@H]2COCCN2C(=O)c2ccnn2C(C)C)[nH]1. The lowest BCUT2D eigenvalue weighted by molar-refractivity contribution is -0.00570. The Balaban J connectivity index is 1.90. The Labute approximate surface area is 129 Å². The van der Waals surface area contributed by atoms with Gasteiger partial charge in [0.05, 0.1) is 13.2 Å². The number of amides is 1. The van der Waals surface area contributed by atoms with Crippen LogP contribution in [0.2, 0.25) is 0 Å². The summed E-state index contributed by atoms with van der Waals surface area (Å²) in [5.41, 5.74) is 1.57. The third kappa shape index (κ3) is 2.64. The Morgan fingerprint density at radius 3 is 3.00 bits per heavy atom. The Hall–Kier alpha value is -2.15. The summed E-state index contributed by atoms with van der Waals surface area (Å²) < 4.78 is 7.30. The van der Waals surface area contributed by atoms with E-state index < -0.39 is 0 Å². The molecular formula is C15H21N5O2. The molecular weight excluding hydrogens is 282 g/mol. The normalized spacial score (nSPS) is 18.9. The van der Waals surface area contributed by atoms with Crippen molar-refractivity contribution in [3.05, 3.63) is 35.7 Å². The number of H-pyrrole nitrogens is 1. The van der Waals surface area contributed by atoms with Crippen LogP contribution in [0, 0.1) is 6.92 Å². The van der Waals surface area contributed by atoms with E-state index in [4.69, 9.17) is 4.74 Å². The standard InChI is InChI=1S/C15H21N5O2/c1-10(2)20-12(4-5-17-20)15(21)19-6-7-22-9-13(19)14-16-8-11(3)18-14/h4-5,8,10,13H,6-7,9H2,1-3H3,(H,16,18)/t13-/m1/s1. The average molecular weight is 303 g/mol. The van der Waals surface area contributed by atoms with Crippen molar-refractivity contribution >= 4 is 5.91 Å². The number of carbonyl (C=O) groups is 1. The van der Waals surface area contributed by atoms with E-state index in [2.05, 4.69) is 15.1 Å². The first-order valence-corrected chi connectivity index (χ1v) is 7.51. The second-order valence-corrected chi connectivity index (χ2v) is 5.80. The molecule has 1 atom stereocenters. The summed E-state index contributed by atoms with van der Waals surface area (Å²) in [6.07, 6.45) is 3.44. The Bertz CT molecular complexity index is 660. The number of morpholine rings is 1. The highest BCUT2D eigenvalue weighted by Crippen LogP contribution is 2.24. The average Bonchev–Trinajstić information content (AvgIpc) is 3.15.